The summed E-state index contributed by atoms with van der Waals surface area (Å²) in [6.45, 7) is 11.5. The van der Waals surface area contributed by atoms with Crippen LogP contribution in [0, 0.1) is 41.5 Å². The SMILES string of the molecule is Cc1ccc(-n2c(C)cc(/C=N/NC(=O)CN(c3c(C)cccc3C)S(C)(=O)=O)c2C)cc1C. The summed E-state index contributed by atoms with van der Waals surface area (Å²) in [7, 11) is -3.66. The minimum absolute atomic E-state index is 0.358. The van der Waals surface area contributed by atoms with Crippen molar-refractivity contribution < 1.29 is 13.2 Å². The van der Waals surface area contributed by atoms with Crippen molar-refractivity contribution in [2.24, 2.45) is 5.10 Å². The summed E-state index contributed by atoms with van der Waals surface area (Å²) in [6.07, 6.45) is 2.68. The third-order valence-electron chi connectivity index (χ3n) is 5.99. The average Bonchev–Trinajstić information content (AvgIpc) is 3.01. The summed E-state index contributed by atoms with van der Waals surface area (Å²) in [5, 5.41) is 4.10. The standard InChI is InChI=1S/C26H32N4O3S/c1-17-11-12-24(13-20(17)4)30-21(5)14-23(22(30)6)15-27-28-25(31)16-29(34(7,32)33)26-18(2)9-8-10-19(26)3/h8-15H,16H2,1-7H3,(H,28,31)/b27-15+. The number of rotatable bonds is 7. The highest BCUT2D eigenvalue weighted by Crippen LogP contribution is 2.26. The van der Waals surface area contributed by atoms with E-state index in [1.54, 1.807) is 6.21 Å². The van der Waals surface area contributed by atoms with Crippen LogP contribution in [-0.2, 0) is 14.8 Å². The molecule has 180 valence electrons. The lowest BCUT2D eigenvalue weighted by Crippen LogP contribution is -2.39. The molecule has 1 heterocycles. The van der Waals surface area contributed by atoms with Gasteiger partial charge < -0.3 is 4.57 Å². The number of aromatic nitrogens is 1. The Hall–Kier alpha value is -3.39. The van der Waals surface area contributed by atoms with Crippen molar-refractivity contribution >= 4 is 27.8 Å². The van der Waals surface area contributed by atoms with Crippen molar-refractivity contribution in [3.05, 3.63) is 81.7 Å². The molecule has 0 atom stereocenters. The molecular formula is C26H32N4O3S. The number of hydrogen-bond donors (Lipinski definition) is 1. The Labute approximate surface area is 202 Å². The predicted octanol–water partition coefficient (Wildman–Crippen LogP) is 4.24. The van der Waals surface area contributed by atoms with Gasteiger partial charge in [-0.3, -0.25) is 9.10 Å². The molecule has 7 nitrogen and oxygen atoms in total. The molecular weight excluding hydrogens is 448 g/mol. The lowest BCUT2D eigenvalue weighted by molar-refractivity contribution is -0.119. The van der Waals surface area contributed by atoms with Crippen molar-refractivity contribution in [2.75, 3.05) is 17.1 Å². The topological polar surface area (TPSA) is 83.8 Å². The molecule has 0 saturated heterocycles. The Balaban J connectivity index is 1.79. The Morgan fingerprint density at radius 1 is 0.971 bits per heavy atom. The summed E-state index contributed by atoms with van der Waals surface area (Å²) in [5.41, 5.74) is 11.0. The number of hydrazone groups is 1. The van der Waals surface area contributed by atoms with E-state index in [1.165, 1.54) is 11.1 Å². The minimum Gasteiger partial charge on any atom is -0.318 e. The molecule has 2 aromatic carbocycles. The van der Waals surface area contributed by atoms with Gasteiger partial charge in [0.2, 0.25) is 10.0 Å². The van der Waals surface area contributed by atoms with E-state index in [-0.39, 0.29) is 6.54 Å². The summed E-state index contributed by atoms with van der Waals surface area (Å²) in [4.78, 5) is 12.6. The largest absolute Gasteiger partial charge is 0.318 e. The smallest absolute Gasteiger partial charge is 0.260 e. The maximum absolute atomic E-state index is 12.6. The lowest BCUT2D eigenvalue weighted by atomic mass is 10.1. The van der Waals surface area contributed by atoms with E-state index in [9.17, 15) is 13.2 Å². The van der Waals surface area contributed by atoms with Gasteiger partial charge in [-0.15, -0.1) is 0 Å². The van der Waals surface area contributed by atoms with Gasteiger partial charge in [0.25, 0.3) is 5.91 Å². The third-order valence-corrected chi connectivity index (χ3v) is 7.10. The number of para-hydroxylation sites is 1. The second-order valence-corrected chi connectivity index (χ2v) is 10.6. The van der Waals surface area contributed by atoms with E-state index in [0.717, 1.165) is 44.3 Å². The van der Waals surface area contributed by atoms with Gasteiger partial charge in [-0.05, 0) is 82.0 Å². The molecule has 0 spiro atoms. The van der Waals surface area contributed by atoms with Crippen LogP contribution in [-0.4, -0.2) is 37.9 Å². The molecule has 0 aliphatic rings. The van der Waals surface area contributed by atoms with Gasteiger partial charge in [0.05, 0.1) is 18.2 Å². The molecule has 0 radical (unpaired) electrons. The molecule has 0 aliphatic heterocycles. The van der Waals surface area contributed by atoms with Gasteiger partial charge in [-0.2, -0.15) is 5.10 Å². The molecule has 0 aliphatic carbocycles. The first-order valence-electron chi connectivity index (χ1n) is 11.0. The van der Waals surface area contributed by atoms with E-state index in [0.29, 0.717) is 5.69 Å². The van der Waals surface area contributed by atoms with Crippen LogP contribution in [0.3, 0.4) is 0 Å². The predicted molar refractivity (Wildman–Crippen MR) is 139 cm³/mol. The first-order chi connectivity index (χ1) is 15.9. The van der Waals surface area contributed by atoms with Crippen LogP contribution in [0.2, 0.25) is 0 Å². The molecule has 3 rings (SSSR count). The number of carbonyl (C=O) groups is 1. The molecule has 1 amide bonds. The number of carbonyl (C=O) groups excluding carboxylic acids is 1. The zero-order valence-corrected chi connectivity index (χ0v) is 21.6. The highest BCUT2D eigenvalue weighted by Gasteiger charge is 2.23. The zero-order valence-electron chi connectivity index (χ0n) is 20.8. The first-order valence-corrected chi connectivity index (χ1v) is 12.9. The Kier molecular flexibility index (Phi) is 7.31. The summed E-state index contributed by atoms with van der Waals surface area (Å²) in [5.74, 6) is -0.521. The van der Waals surface area contributed by atoms with Gasteiger partial charge in [0.15, 0.2) is 0 Å². The van der Waals surface area contributed by atoms with Crippen molar-refractivity contribution in [3.63, 3.8) is 0 Å². The van der Waals surface area contributed by atoms with Gasteiger partial charge >= 0.3 is 0 Å². The van der Waals surface area contributed by atoms with Crippen molar-refractivity contribution in [3.8, 4) is 5.69 Å². The highest BCUT2D eigenvalue weighted by atomic mass is 32.2. The van der Waals surface area contributed by atoms with Crippen LogP contribution < -0.4 is 9.73 Å². The number of amides is 1. The second kappa shape index (κ2) is 9.85. The van der Waals surface area contributed by atoms with Crippen molar-refractivity contribution in [1.29, 1.82) is 0 Å². The van der Waals surface area contributed by atoms with Crippen LogP contribution in [0.5, 0.6) is 0 Å². The second-order valence-electron chi connectivity index (χ2n) is 8.73. The van der Waals surface area contributed by atoms with Crippen LogP contribution in [0.4, 0.5) is 5.69 Å². The van der Waals surface area contributed by atoms with Gasteiger partial charge in [-0.25, -0.2) is 13.8 Å². The normalized spacial score (nSPS) is 11.7. The first kappa shape index (κ1) is 25.2. The summed E-state index contributed by atoms with van der Waals surface area (Å²) < 4.78 is 28.1. The maximum atomic E-state index is 12.6. The Morgan fingerprint density at radius 2 is 1.62 bits per heavy atom. The van der Waals surface area contributed by atoms with Crippen LogP contribution in [0.15, 0.2) is 47.6 Å². The Bertz CT molecular complexity index is 1350. The summed E-state index contributed by atoms with van der Waals surface area (Å²) in [6, 6.07) is 13.8. The quantitative estimate of drug-likeness (QED) is 0.405. The number of nitrogens with one attached hydrogen (secondary N) is 1. The van der Waals surface area contributed by atoms with E-state index < -0.39 is 15.9 Å². The van der Waals surface area contributed by atoms with Gasteiger partial charge in [0, 0.05) is 22.6 Å². The number of hydrogen-bond acceptors (Lipinski definition) is 4. The average molecular weight is 481 g/mol. The number of aryl methyl sites for hydroxylation is 5. The highest BCUT2D eigenvalue weighted by molar-refractivity contribution is 7.92. The minimum atomic E-state index is -3.66. The number of benzene rings is 2. The molecule has 0 fully saturated rings. The molecule has 8 heteroatoms. The monoisotopic (exact) mass is 480 g/mol. The third kappa shape index (κ3) is 5.39. The van der Waals surface area contributed by atoms with Crippen LogP contribution in [0.1, 0.15) is 39.2 Å². The van der Waals surface area contributed by atoms with E-state index in [2.05, 4.69) is 47.1 Å². The fourth-order valence-electron chi connectivity index (χ4n) is 4.08. The molecule has 0 unspecified atom stereocenters. The lowest BCUT2D eigenvalue weighted by Gasteiger charge is -2.25. The van der Waals surface area contributed by atoms with Crippen LogP contribution in [0.25, 0.3) is 5.69 Å². The maximum Gasteiger partial charge on any atom is 0.260 e. The fourth-order valence-corrected chi connectivity index (χ4v) is 5.05. The molecule has 0 bridgehead atoms. The number of sulfonamides is 1. The number of nitrogens with zero attached hydrogens (tertiary/aromatic N) is 3. The van der Waals surface area contributed by atoms with Crippen LogP contribution >= 0.6 is 0 Å². The molecule has 1 aromatic heterocycles. The molecule has 3 aromatic rings. The molecule has 1 N–H and O–H groups in total. The van der Waals surface area contributed by atoms with Crippen molar-refractivity contribution in [2.45, 2.75) is 41.5 Å². The van der Waals surface area contributed by atoms with E-state index >= 15 is 0 Å². The number of anilines is 1. The van der Waals surface area contributed by atoms with Crippen molar-refractivity contribution in [1.82, 2.24) is 9.99 Å². The van der Waals surface area contributed by atoms with E-state index in [1.807, 2.05) is 52.0 Å². The molecule has 0 saturated carbocycles. The Morgan fingerprint density at radius 3 is 2.21 bits per heavy atom. The van der Waals surface area contributed by atoms with Gasteiger partial charge in [-0.1, -0.05) is 24.3 Å². The zero-order chi connectivity index (χ0) is 25.2. The van der Waals surface area contributed by atoms with Gasteiger partial charge in [0.1, 0.15) is 6.54 Å². The fraction of sp³-hybridized carbons (Fsp3) is 0.308. The molecule has 34 heavy (non-hydrogen) atoms. The van der Waals surface area contributed by atoms with E-state index in [4.69, 9.17) is 0 Å². The summed E-state index contributed by atoms with van der Waals surface area (Å²) >= 11 is 0.